The maximum Gasteiger partial charge on any atom is 0.255 e. The van der Waals surface area contributed by atoms with Gasteiger partial charge in [-0.25, -0.2) is 5.43 Å². The first-order valence-electron chi connectivity index (χ1n) is 5.91. The first-order chi connectivity index (χ1) is 8.51. The van der Waals surface area contributed by atoms with Crippen LogP contribution < -0.4 is 21.3 Å². The highest BCUT2D eigenvalue weighted by Crippen LogP contribution is 2.28. The smallest absolute Gasteiger partial charge is 0.255 e. The summed E-state index contributed by atoms with van der Waals surface area (Å²) in [5.74, 6) is 0.698. The maximum absolute atomic E-state index is 11.7. The highest BCUT2D eigenvalue weighted by atomic mass is 16.5. The molecule has 0 spiro atoms. The van der Waals surface area contributed by atoms with Gasteiger partial charge in [-0.1, -0.05) is 19.9 Å². The highest BCUT2D eigenvalue weighted by Gasteiger charge is 2.20. The SMILES string of the molecule is CNNC(=O)C(N)c1cc(C(C)C)ccc1OC. The van der Waals surface area contributed by atoms with Crippen LogP contribution >= 0.6 is 0 Å². The molecule has 1 aromatic carbocycles. The van der Waals surface area contributed by atoms with E-state index in [4.69, 9.17) is 10.5 Å². The van der Waals surface area contributed by atoms with E-state index in [0.29, 0.717) is 17.2 Å². The molecular weight excluding hydrogens is 230 g/mol. The Morgan fingerprint density at radius 2 is 2.06 bits per heavy atom. The van der Waals surface area contributed by atoms with Crippen LogP contribution in [0.25, 0.3) is 0 Å². The molecule has 1 rings (SSSR count). The van der Waals surface area contributed by atoms with Crippen LogP contribution in [0.5, 0.6) is 5.75 Å². The van der Waals surface area contributed by atoms with E-state index in [9.17, 15) is 4.79 Å². The Kier molecular flexibility index (Phi) is 5.12. The minimum atomic E-state index is -0.758. The average Bonchev–Trinajstić information content (AvgIpc) is 2.37. The third-order valence-electron chi connectivity index (χ3n) is 2.79. The normalized spacial score (nSPS) is 12.3. The van der Waals surface area contributed by atoms with E-state index >= 15 is 0 Å². The minimum Gasteiger partial charge on any atom is -0.496 e. The minimum absolute atomic E-state index is 0.295. The third kappa shape index (κ3) is 3.21. The van der Waals surface area contributed by atoms with Crippen molar-refractivity contribution >= 4 is 5.91 Å². The second-order valence-electron chi connectivity index (χ2n) is 4.37. The summed E-state index contributed by atoms with van der Waals surface area (Å²) in [6.45, 7) is 4.18. The number of carbonyl (C=O) groups is 1. The molecule has 0 heterocycles. The molecule has 5 nitrogen and oxygen atoms in total. The predicted octanol–water partition coefficient (Wildman–Crippen LogP) is 1.07. The van der Waals surface area contributed by atoms with Gasteiger partial charge in [-0.15, -0.1) is 0 Å². The monoisotopic (exact) mass is 251 g/mol. The van der Waals surface area contributed by atoms with Gasteiger partial charge in [0.15, 0.2) is 0 Å². The zero-order valence-electron chi connectivity index (χ0n) is 11.3. The number of amides is 1. The van der Waals surface area contributed by atoms with Gasteiger partial charge in [-0.05, 0) is 23.6 Å². The molecule has 1 atom stereocenters. The summed E-state index contributed by atoms with van der Waals surface area (Å²) < 4.78 is 5.25. The van der Waals surface area contributed by atoms with Crippen molar-refractivity contribution < 1.29 is 9.53 Å². The second-order valence-corrected chi connectivity index (χ2v) is 4.37. The van der Waals surface area contributed by atoms with Crippen molar-refractivity contribution in [3.05, 3.63) is 29.3 Å². The van der Waals surface area contributed by atoms with Crippen LogP contribution in [-0.4, -0.2) is 20.1 Å². The van der Waals surface area contributed by atoms with Crippen molar-refractivity contribution in [1.29, 1.82) is 0 Å². The van der Waals surface area contributed by atoms with E-state index < -0.39 is 6.04 Å². The van der Waals surface area contributed by atoms with Crippen molar-refractivity contribution in [2.45, 2.75) is 25.8 Å². The molecule has 4 N–H and O–H groups in total. The van der Waals surface area contributed by atoms with Crippen molar-refractivity contribution in [3.63, 3.8) is 0 Å². The van der Waals surface area contributed by atoms with E-state index in [2.05, 4.69) is 24.7 Å². The van der Waals surface area contributed by atoms with E-state index in [-0.39, 0.29) is 5.91 Å². The molecule has 0 aliphatic heterocycles. The van der Waals surface area contributed by atoms with Crippen LogP contribution in [0.3, 0.4) is 0 Å². The number of hydrogen-bond donors (Lipinski definition) is 3. The molecule has 0 fully saturated rings. The van der Waals surface area contributed by atoms with Crippen molar-refractivity contribution in [3.8, 4) is 5.75 Å². The van der Waals surface area contributed by atoms with Gasteiger partial charge in [-0.2, -0.15) is 0 Å². The van der Waals surface area contributed by atoms with Crippen LogP contribution in [0.15, 0.2) is 18.2 Å². The molecule has 0 aromatic heterocycles. The number of nitrogens with two attached hydrogens (primary N) is 1. The molecule has 18 heavy (non-hydrogen) atoms. The van der Waals surface area contributed by atoms with Gasteiger partial charge in [0.05, 0.1) is 7.11 Å². The second kappa shape index (κ2) is 6.37. The molecule has 0 saturated heterocycles. The quantitative estimate of drug-likeness (QED) is 0.684. The fraction of sp³-hybridized carbons (Fsp3) is 0.462. The zero-order chi connectivity index (χ0) is 13.7. The molecule has 1 amide bonds. The number of rotatable bonds is 5. The fourth-order valence-corrected chi connectivity index (χ4v) is 1.70. The Morgan fingerprint density at radius 1 is 1.39 bits per heavy atom. The topological polar surface area (TPSA) is 76.4 Å². The maximum atomic E-state index is 11.7. The lowest BCUT2D eigenvalue weighted by Gasteiger charge is -2.17. The number of benzene rings is 1. The van der Waals surface area contributed by atoms with Crippen LogP contribution in [0.2, 0.25) is 0 Å². The van der Waals surface area contributed by atoms with Gasteiger partial charge in [-0.3, -0.25) is 10.2 Å². The summed E-state index contributed by atoms with van der Waals surface area (Å²) in [6, 6.07) is 4.99. The first kappa shape index (κ1) is 14.5. The van der Waals surface area contributed by atoms with Crippen LogP contribution in [0.4, 0.5) is 0 Å². The molecule has 1 aromatic rings. The fourth-order valence-electron chi connectivity index (χ4n) is 1.70. The van der Waals surface area contributed by atoms with Gasteiger partial charge in [0.25, 0.3) is 5.91 Å². The number of ether oxygens (including phenoxy) is 1. The molecule has 1 unspecified atom stereocenters. The number of methoxy groups -OCH3 is 1. The Labute approximate surface area is 108 Å². The summed E-state index contributed by atoms with van der Waals surface area (Å²) in [4.78, 5) is 11.7. The molecule has 0 saturated carbocycles. The average molecular weight is 251 g/mol. The van der Waals surface area contributed by atoms with Crippen LogP contribution in [-0.2, 0) is 4.79 Å². The summed E-state index contributed by atoms with van der Waals surface area (Å²) in [6.07, 6.45) is 0. The standard InChI is InChI=1S/C13H21N3O2/c1-8(2)9-5-6-11(18-4)10(7-9)12(14)13(17)16-15-3/h5-8,12,15H,14H2,1-4H3,(H,16,17). The molecule has 5 heteroatoms. The van der Waals surface area contributed by atoms with E-state index in [1.165, 1.54) is 0 Å². The summed E-state index contributed by atoms with van der Waals surface area (Å²) in [7, 11) is 3.18. The van der Waals surface area contributed by atoms with Crippen LogP contribution in [0.1, 0.15) is 36.9 Å². The molecule has 0 aliphatic rings. The Morgan fingerprint density at radius 3 is 2.56 bits per heavy atom. The largest absolute Gasteiger partial charge is 0.496 e. The zero-order valence-corrected chi connectivity index (χ0v) is 11.3. The predicted molar refractivity (Wildman–Crippen MR) is 71.2 cm³/mol. The Balaban J connectivity index is 3.11. The summed E-state index contributed by atoms with van der Waals surface area (Å²) >= 11 is 0. The number of hydrogen-bond acceptors (Lipinski definition) is 4. The number of nitrogens with one attached hydrogen (secondary N) is 2. The number of carbonyl (C=O) groups excluding carboxylic acids is 1. The first-order valence-corrected chi connectivity index (χ1v) is 5.91. The van der Waals surface area contributed by atoms with Gasteiger partial charge in [0, 0.05) is 12.6 Å². The Hall–Kier alpha value is -1.59. The van der Waals surface area contributed by atoms with E-state index in [1.807, 2.05) is 18.2 Å². The highest BCUT2D eigenvalue weighted by molar-refractivity contribution is 5.83. The number of hydrazine groups is 1. The Bertz CT molecular complexity index is 419. The lowest BCUT2D eigenvalue weighted by molar-refractivity contribution is -0.123. The van der Waals surface area contributed by atoms with Crippen molar-refractivity contribution in [1.82, 2.24) is 10.9 Å². The molecular formula is C13H21N3O2. The van der Waals surface area contributed by atoms with E-state index in [1.54, 1.807) is 14.2 Å². The summed E-state index contributed by atoms with van der Waals surface area (Å²) in [5, 5.41) is 0. The van der Waals surface area contributed by atoms with Gasteiger partial charge in [0.2, 0.25) is 0 Å². The van der Waals surface area contributed by atoms with Gasteiger partial charge < -0.3 is 10.5 Å². The van der Waals surface area contributed by atoms with Crippen molar-refractivity contribution in [2.75, 3.05) is 14.2 Å². The van der Waals surface area contributed by atoms with Crippen LogP contribution in [0, 0.1) is 0 Å². The summed E-state index contributed by atoms with van der Waals surface area (Å²) in [5.41, 5.74) is 12.8. The van der Waals surface area contributed by atoms with Crippen molar-refractivity contribution in [2.24, 2.45) is 5.73 Å². The molecule has 0 bridgehead atoms. The van der Waals surface area contributed by atoms with Gasteiger partial charge >= 0.3 is 0 Å². The molecule has 100 valence electrons. The van der Waals surface area contributed by atoms with Gasteiger partial charge in [0.1, 0.15) is 11.8 Å². The molecule has 0 radical (unpaired) electrons. The lowest BCUT2D eigenvalue weighted by Crippen LogP contribution is -2.41. The molecule has 0 aliphatic carbocycles. The lowest BCUT2D eigenvalue weighted by atomic mass is 9.97. The third-order valence-corrected chi connectivity index (χ3v) is 2.79. The van der Waals surface area contributed by atoms with E-state index in [0.717, 1.165) is 5.56 Å².